The summed E-state index contributed by atoms with van der Waals surface area (Å²) >= 11 is 7.68. The molecule has 1 saturated heterocycles. The molecule has 0 saturated carbocycles. The second-order valence-electron chi connectivity index (χ2n) is 7.90. The maximum atomic E-state index is 13.1. The molecule has 1 aromatic heterocycles. The fourth-order valence-electron chi connectivity index (χ4n) is 3.78. The lowest BCUT2D eigenvalue weighted by Gasteiger charge is -2.23. The topological polar surface area (TPSA) is 76.6 Å². The lowest BCUT2D eigenvalue weighted by Crippen LogP contribution is -2.37. The van der Waals surface area contributed by atoms with E-state index in [2.05, 4.69) is 4.98 Å². The van der Waals surface area contributed by atoms with Crippen LogP contribution in [0.25, 0.3) is 10.2 Å². The van der Waals surface area contributed by atoms with Gasteiger partial charge in [-0.2, -0.15) is 0 Å². The van der Waals surface area contributed by atoms with Crippen LogP contribution in [-0.4, -0.2) is 44.3 Å². The Balaban J connectivity index is 1.44. The number of sulfone groups is 1. The summed E-state index contributed by atoms with van der Waals surface area (Å²) in [6, 6.07) is 14.6. The molecule has 0 spiro atoms. The summed E-state index contributed by atoms with van der Waals surface area (Å²) in [5.74, 6) is -0.198. The summed E-state index contributed by atoms with van der Waals surface area (Å²) in [6.45, 7) is 1.10. The van der Waals surface area contributed by atoms with Gasteiger partial charge < -0.3 is 4.74 Å². The number of hydrogen-bond acceptors (Lipinski definition) is 6. The van der Waals surface area contributed by atoms with Crippen LogP contribution >= 0.6 is 22.9 Å². The molecule has 3 aromatic rings. The Morgan fingerprint density at radius 2 is 2.00 bits per heavy atom. The molecule has 0 N–H and O–H groups in total. The average molecular weight is 493 g/mol. The van der Waals surface area contributed by atoms with Gasteiger partial charge in [0.15, 0.2) is 15.0 Å². The van der Waals surface area contributed by atoms with E-state index in [0.29, 0.717) is 28.8 Å². The second kappa shape index (κ2) is 10.3. The largest absolute Gasteiger partial charge is 0.376 e. The zero-order chi connectivity index (χ0) is 22.6. The Hall–Kier alpha value is -2.00. The predicted octanol–water partition coefficient (Wildman–Crippen LogP) is 4.86. The van der Waals surface area contributed by atoms with Gasteiger partial charge in [0.1, 0.15) is 5.52 Å². The first-order valence-electron chi connectivity index (χ1n) is 10.6. The fraction of sp³-hybridized carbons (Fsp3) is 0.391. The molecule has 2 aromatic carbocycles. The fourth-order valence-corrected chi connectivity index (χ4v) is 6.50. The highest BCUT2D eigenvalue weighted by molar-refractivity contribution is 7.90. The summed E-state index contributed by atoms with van der Waals surface area (Å²) in [6.07, 6.45) is 2.21. The van der Waals surface area contributed by atoms with Crippen molar-refractivity contribution in [2.45, 2.75) is 37.5 Å². The predicted molar refractivity (Wildman–Crippen MR) is 129 cm³/mol. The molecular formula is C23H25ClN2O4S2. The third-order valence-electron chi connectivity index (χ3n) is 5.38. The van der Waals surface area contributed by atoms with Gasteiger partial charge >= 0.3 is 0 Å². The highest BCUT2D eigenvalue weighted by Crippen LogP contribution is 2.33. The van der Waals surface area contributed by atoms with Crippen LogP contribution in [0.1, 0.15) is 31.2 Å². The van der Waals surface area contributed by atoms with Gasteiger partial charge in [-0.3, -0.25) is 9.69 Å². The minimum Gasteiger partial charge on any atom is -0.376 e. The van der Waals surface area contributed by atoms with Crippen molar-refractivity contribution >= 4 is 54.0 Å². The standard InChI is InChI=1S/C23H25ClN2O4S2/c24-19-10-4-11-20-22(19)25-23(31-20)26(15-18-9-5-13-30-18)21(27)12-6-14-32(28,29)16-17-7-2-1-3-8-17/h1-4,7-8,10-11,18H,5-6,9,12-16H2. The number of benzene rings is 2. The first kappa shape index (κ1) is 23.2. The summed E-state index contributed by atoms with van der Waals surface area (Å²) in [7, 11) is -3.30. The van der Waals surface area contributed by atoms with Crippen LogP contribution in [0, 0.1) is 0 Å². The molecule has 1 atom stereocenters. The van der Waals surface area contributed by atoms with Crippen LogP contribution in [-0.2, 0) is 25.1 Å². The Morgan fingerprint density at radius 1 is 1.19 bits per heavy atom. The van der Waals surface area contributed by atoms with E-state index in [1.54, 1.807) is 23.1 Å². The molecule has 9 heteroatoms. The number of para-hydroxylation sites is 1. The number of hydrogen-bond donors (Lipinski definition) is 0. The highest BCUT2D eigenvalue weighted by atomic mass is 35.5. The molecule has 2 heterocycles. The van der Waals surface area contributed by atoms with Crippen molar-refractivity contribution in [3.8, 4) is 0 Å². The van der Waals surface area contributed by atoms with Gasteiger partial charge in [0.05, 0.1) is 33.9 Å². The number of fused-ring (bicyclic) bond motifs is 1. The molecule has 1 aliphatic heterocycles. The Kier molecular flexibility index (Phi) is 7.45. The summed E-state index contributed by atoms with van der Waals surface area (Å²) in [4.78, 5) is 19.4. The number of ether oxygens (including phenoxy) is 1. The number of anilines is 1. The van der Waals surface area contributed by atoms with E-state index in [1.807, 2.05) is 30.3 Å². The van der Waals surface area contributed by atoms with Gasteiger partial charge in [-0.05, 0) is 37.0 Å². The van der Waals surface area contributed by atoms with Gasteiger partial charge in [-0.25, -0.2) is 13.4 Å². The molecule has 1 aliphatic rings. The van der Waals surface area contributed by atoms with Gasteiger partial charge in [-0.1, -0.05) is 59.3 Å². The molecule has 6 nitrogen and oxygen atoms in total. The average Bonchev–Trinajstić information content (AvgIpc) is 3.42. The molecule has 32 heavy (non-hydrogen) atoms. The molecule has 1 amide bonds. The van der Waals surface area contributed by atoms with E-state index in [-0.39, 0.29) is 36.4 Å². The molecule has 0 aliphatic carbocycles. The number of rotatable bonds is 9. The van der Waals surface area contributed by atoms with Crippen LogP contribution in [0.5, 0.6) is 0 Å². The first-order valence-corrected chi connectivity index (χ1v) is 13.6. The number of thiazole rings is 1. The van der Waals surface area contributed by atoms with Crippen LogP contribution in [0.4, 0.5) is 5.13 Å². The van der Waals surface area contributed by atoms with E-state index in [1.165, 1.54) is 11.3 Å². The molecule has 1 unspecified atom stereocenters. The molecule has 0 radical (unpaired) electrons. The van der Waals surface area contributed by atoms with E-state index in [0.717, 1.165) is 23.1 Å². The number of halogens is 1. The SMILES string of the molecule is O=C(CCCS(=O)(=O)Cc1ccccc1)N(CC1CCCO1)c1nc2c(Cl)cccc2s1. The van der Waals surface area contributed by atoms with Crippen LogP contribution < -0.4 is 4.90 Å². The Morgan fingerprint density at radius 3 is 2.72 bits per heavy atom. The maximum absolute atomic E-state index is 13.1. The van der Waals surface area contributed by atoms with Crippen molar-refractivity contribution < 1.29 is 17.9 Å². The third kappa shape index (κ3) is 5.86. The molecule has 170 valence electrons. The van der Waals surface area contributed by atoms with Gasteiger partial charge in [0.2, 0.25) is 5.91 Å². The lowest BCUT2D eigenvalue weighted by molar-refractivity contribution is -0.119. The van der Waals surface area contributed by atoms with Crippen molar-refractivity contribution in [3.05, 3.63) is 59.1 Å². The summed E-state index contributed by atoms with van der Waals surface area (Å²) < 4.78 is 31.6. The minimum absolute atomic E-state index is 0.0158. The Labute approximate surface area is 197 Å². The number of carbonyl (C=O) groups is 1. The van der Waals surface area contributed by atoms with Crippen molar-refractivity contribution in [2.24, 2.45) is 0 Å². The smallest absolute Gasteiger partial charge is 0.228 e. The maximum Gasteiger partial charge on any atom is 0.228 e. The van der Waals surface area contributed by atoms with Crippen LogP contribution in [0.15, 0.2) is 48.5 Å². The minimum atomic E-state index is -3.30. The number of nitrogens with zero attached hydrogens (tertiary/aromatic N) is 2. The van der Waals surface area contributed by atoms with Crippen molar-refractivity contribution in [2.75, 3.05) is 23.8 Å². The second-order valence-corrected chi connectivity index (χ2v) is 11.5. The zero-order valence-corrected chi connectivity index (χ0v) is 20.0. The van der Waals surface area contributed by atoms with Crippen molar-refractivity contribution in [1.29, 1.82) is 0 Å². The quantitative estimate of drug-likeness (QED) is 0.426. The van der Waals surface area contributed by atoms with Gasteiger partial charge in [0.25, 0.3) is 0 Å². The third-order valence-corrected chi connectivity index (χ3v) is 8.41. The molecule has 1 fully saturated rings. The summed E-state index contributed by atoms with van der Waals surface area (Å²) in [5.41, 5.74) is 1.43. The van der Waals surface area contributed by atoms with Gasteiger partial charge in [-0.15, -0.1) is 0 Å². The molecule has 4 rings (SSSR count). The van der Waals surface area contributed by atoms with Crippen molar-refractivity contribution in [1.82, 2.24) is 4.98 Å². The van der Waals surface area contributed by atoms with E-state index < -0.39 is 9.84 Å². The van der Waals surface area contributed by atoms with Crippen LogP contribution in [0.3, 0.4) is 0 Å². The summed E-state index contributed by atoms with van der Waals surface area (Å²) in [5, 5.41) is 1.11. The monoisotopic (exact) mass is 492 g/mol. The lowest BCUT2D eigenvalue weighted by atomic mass is 10.2. The van der Waals surface area contributed by atoms with Gasteiger partial charge in [0, 0.05) is 13.0 Å². The van der Waals surface area contributed by atoms with E-state index >= 15 is 0 Å². The molecule has 0 bridgehead atoms. The number of carbonyl (C=O) groups excluding carboxylic acids is 1. The van der Waals surface area contributed by atoms with E-state index in [4.69, 9.17) is 16.3 Å². The first-order chi connectivity index (χ1) is 15.4. The number of aromatic nitrogens is 1. The van der Waals surface area contributed by atoms with E-state index in [9.17, 15) is 13.2 Å². The van der Waals surface area contributed by atoms with Crippen molar-refractivity contribution in [3.63, 3.8) is 0 Å². The Bertz CT molecular complexity index is 1180. The normalized spacial score (nSPS) is 16.5. The zero-order valence-electron chi connectivity index (χ0n) is 17.6. The number of amides is 1. The highest BCUT2D eigenvalue weighted by Gasteiger charge is 2.26. The molecular weight excluding hydrogens is 468 g/mol. The van der Waals surface area contributed by atoms with Crippen LogP contribution in [0.2, 0.25) is 5.02 Å².